The third kappa shape index (κ3) is 7.34. The van der Waals surface area contributed by atoms with Crippen molar-refractivity contribution in [3.63, 3.8) is 0 Å². The Morgan fingerprint density at radius 1 is 1.07 bits per heavy atom. The second kappa shape index (κ2) is 9.94. The molecule has 8 nitrogen and oxygen atoms in total. The van der Waals surface area contributed by atoms with Crippen LogP contribution in [0, 0.1) is 5.92 Å². The van der Waals surface area contributed by atoms with Gasteiger partial charge in [0.2, 0.25) is 0 Å². The van der Waals surface area contributed by atoms with E-state index in [0.29, 0.717) is 25.3 Å². The van der Waals surface area contributed by atoms with Gasteiger partial charge < -0.3 is 4.74 Å². The first kappa shape index (κ1) is 22.1. The van der Waals surface area contributed by atoms with E-state index in [9.17, 15) is 17.6 Å². The van der Waals surface area contributed by atoms with Crippen LogP contribution in [0.3, 0.4) is 0 Å². The third-order valence-electron chi connectivity index (χ3n) is 5.27. The summed E-state index contributed by atoms with van der Waals surface area (Å²) < 4.78 is 55.8. The van der Waals surface area contributed by atoms with Crippen LogP contribution in [-0.2, 0) is 4.74 Å². The summed E-state index contributed by atoms with van der Waals surface area (Å²) in [6.45, 7) is 0.809. The molecule has 3 aliphatic rings. The summed E-state index contributed by atoms with van der Waals surface area (Å²) >= 11 is 0. The summed E-state index contributed by atoms with van der Waals surface area (Å²) in [6.07, 6.45) is -4.17. The third-order valence-corrected chi connectivity index (χ3v) is 5.27. The molecular weight excluding hydrogens is 382 g/mol. The van der Waals surface area contributed by atoms with E-state index in [4.69, 9.17) is 4.74 Å². The second-order valence-electron chi connectivity index (χ2n) is 7.80. The molecule has 0 aromatic carbocycles. The van der Waals surface area contributed by atoms with Gasteiger partial charge in [-0.3, -0.25) is 32.0 Å². The Morgan fingerprint density at radius 3 is 2.43 bits per heavy atom. The molecule has 6 N–H and O–H groups in total. The maximum atomic E-state index is 13.3. The number of nitrogens with zero attached hydrogens (tertiary/aromatic N) is 1. The summed E-state index contributed by atoms with van der Waals surface area (Å²) in [7, 11) is 1.93. The highest BCUT2D eigenvalue weighted by molar-refractivity contribution is 4.85. The molecule has 0 amide bonds. The van der Waals surface area contributed by atoms with Gasteiger partial charge in [0.25, 0.3) is 0 Å². The van der Waals surface area contributed by atoms with Crippen molar-refractivity contribution in [1.82, 2.24) is 37.0 Å². The second-order valence-corrected chi connectivity index (χ2v) is 7.80. The summed E-state index contributed by atoms with van der Waals surface area (Å²) in [5, 5.41) is 17.7. The van der Waals surface area contributed by atoms with Gasteiger partial charge in [0.15, 0.2) is 6.35 Å². The molecule has 3 rings (SSSR count). The van der Waals surface area contributed by atoms with Gasteiger partial charge in [-0.25, -0.2) is 9.40 Å². The Morgan fingerprint density at radius 2 is 1.79 bits per heavy atom. The van der Waals surface area contributed by atoms with E-state index in [1.54, 1.807) is 0 Å². The number of likely N-dealkylation sites (N-methyl/N-ethyl adjacent to an activating group) is 1. The quantitative estimate of drug-likeness (QED) is 0.318. The Labute approximate surface area is 162 Å². The molecule has 0 spiro atoms. The van der Waals surface area contributed by atoms with Crippen LogP contribution in [0.15, 0.2) is 0 Å². The van der Waals surface area contributed by atoms with E-state index >= 15 is 0 Å². The lowest BCUT2D eigenvalue weighted by atomic mass is 9.88. The minimum atomic E-state index is -4.40. The fourth-order valence-corrected chi connectivity index (χ4v) is 3.79. The Hall–Kier alpha value is -0.600. The van der Waals surface area contributed by atoms with Gasteiger partial charge >= 0.3 is 6.18 Å². The normalized spacial score (nSPS) is 38.0. The number of hydrazine groups is 1. The number of hydrogen-bond acceptors (Lipinski definition) is 8. The molecule has 2 saturated heterocycles. The molecule has 2 aliphatic heterocycles. The van der Waals surface area contributed by atoms with E-state index in [-0.39, 0.29) is 6.04 Å². The molecule has 4 unspecified atom stereocenters. The summed E-state index contributed by atoms with van der Waals surface area (Å²) in [4.78, 5) is 0. The van der Waals surface area contributed by atoms with Crippen molar-refractivity contribution in [3.05, 3.63) is 0 Å². The molecule has 0 aromatic heterocycles. The van der Waals surface area contributed by atoms with Crippen molar-refractivity contribution in [3.8, 4) is 0 Å². The number of hydrogen-bond donors (Lipinski definition) is 6. The number of nitrogens with one attached hydrogen (secondary N) is 6. The van der Waals surface area contributed by atoms with Gasteiger partial charge in [-0.1, -0.05) is 0 Å². The van der Waals surface area contributed by atoms with Crippen molar-refractivity contribution in [2.24, 2.45) is 5.92 Å². The molecule has 164 valence electrons. The predicted molar refractivity (Wildman–Crippen MR) is 95.2 cm³/mol. The Bertz CT molecular complexity index is 478. The first-order valence-electron chi connectivity index (χ1n) is 9.81. The van der Waals surface area contributed by atoms with Crippen LogP contribution in [0.4, 0.5) is 17.6 Å². The van der Waals surface area contributed by atoms with Crippen LogP contribution in [0.5, 0.6) is 0 Å². The van der Waals surface area contributed by atoms with E-state index in [1.165, 1.54) is 0 Å². The molecular formula is C16H31F4N7O. The predicted octanol–water partition coefficient (Wildman–Crippen LogP) is -0.275. The van der Waals surface area contributed by atoms with Crippen LogP contribution in [-0.4, -0.2) is 75.6 Å². The van der Waals surface area contributed by atoms with Gasteiger partial charge in [0, 0.05) is 32.7 Å². The largest absolute Gasteiger partial charge is 0.411 e. The molecule has 1 saturated carbocycles. The standard InChI is InChI=1S/C16H31F4N7O/c1-27-8-12(7-22-27)23-14-24-13(21-6-10-2-4-11(17)5-3-10)25-15(26-14)28-9-16(18,19)20/h10-15,21-26H,2-9H2,1H3. The van der Waals surface area contributed by atoms with Crippen LogP contribution < -0.4 is 32.0 Å². The average molecular weight is 413 g/mol. The van der Waals surface area contributed by atoms with E-state index in [1.807, 2.05) is 12.1 Å². The lowest BCUT2D eigenvalue weighted by Gasteiger charge is -2.40. The monoisotopic (exact) mass is 413 g/mol. The van der Waals surface area contributed by atoms with Gasteiger partial charge in [-0.15, -0.1) is 0 Å². The van der Waals surface area contributed by atoms with Gasteiger partial charge in [-0.2, -0.15) is 13.2 Å². The first-order chi connectivity index (χ1) is 13.3. The number of rotatable bonds is 7. The van der Waals surface area contributed by atoms with Gasteiger partial charge in [-0.05, 0) is 31.6 Å². The number of halogens is 4. The minimum absolute atomic E-state index is 0.136. The smallest absolute Gasteiger partial charge is 0.340 e. The number of ether oxygens (including phenoxy) is 1. The zero-order valence-electron chi connectivity index (χ0n) is 16.0. The molecule has 28 heavy (non-hydrogen) atoms. The fourth-order valence-electron chi connectivity index (χ4n) is 3.79. The van der Waals surface area contributed by atoms with Gasteiger partial charge in [0.1, 0.15) is 25.4 Å². The highest BCUT2D eigenvalue weighted by Crippen LogP contribution is 2.25. The molecule has 3 fully saturated rings. The summed E-state index contributed by atoms with van der Waals surface area (Å²) in [6, 6.07) is 0.136. The highest BCUT2D eigenvalue weighted by atomic mass is 19.4. The van der Waals surface area contributed by atoms with Crippen LogP contribution in [0.1, 0.15) is 25.7 Å². The topological polar surface area (TPSA) is 84.7 Å². The van der Waals surface area contributed by atoms with Crippen LogP contribution in [0.2, 0.25) is 0 Å². The zero-order chi connectivity index (χ0) is 20.1. The Kier molecular flexibility index (Phi) is 7.84. The highest BCUT2D eigenvalue weighted by Gasteiger charge is 2.34. The van der Waals surface area contributed by atoms with Crippen LogP contribution in [0.25, 0.3) is 0 Å². The lowest BCUT2D eigenvalue weighted by Crippen LogP contribution is -2.76. The average Bonchev–Trinajstić information content (AvgIpc) is 3.03. The van der Waals surface area contributed by atoms with Crippen molar-refractivity contribution < 1.29 is 22.3 Å². The fraction of sp³-hybridized carbons (Fsp3) is 1.00. The molecule has 12 heteroatoms. The molecule has 0 radical (unpaired) electrons. The summed E-state index contributed by atoms with van der Waals surface area (Å²) in [5.41, 5.74) is 3.17. The van der Waals surface area contributed by atoms with E-state index in [0.717, 1.165) is 25.9 Å². The van der Waals surface area contributed by atoms with Gasteiger partial charge in [0.05, 0.1) is 0 Å². The summed E-state index contributed by atoms with van der Waals surface area (Å²) in [5.74, 6) is 0.360. The molecule has 0 aromatic rings. The Balaban J connectivity index is 1.50. The molecule has 1 aliphatic carbocycles. The zero-order valence-corrected chi connectivity index (χ0v) is 16.0. The van der Waals surface area contributed by atoms with Crippen molar-refractivity contribution in [1.29, 1.82) is 0 Å². The van der Waals surface area contributed by atoms with E-state index in [2.05, 4.69) is 32.0 Å². The van der Waals surface area contributed by atoms with Crippen molar-refractivity contribution in [2.45, 2.75) is 63.0 Å². The SMILES string of the molecule is CN1CC(NC2NC(NCC3CCC(F)CC3)NC(OCC(F)(F)F)N2)CN1. The maximum absolute atomic E-state index is 13.3. The van der Waals surface area contributed by atoms with Crippen LogP contribution >= 0.6 is 0 Å². The lowest BCUT2D eigenvalue weighted by molar-refractivity contribution is -0.199. The van der Waals surface area contributed by atoms with Crippen molar-refractivity contribution >= 4 is 0 Å². The minimum Gasteiger partial charge on any atom is -0.340 e. The van der Waals surface area contributed by atoms with Crippen molar-refractivity contribution in [2.75, 3.05) is 33.3 Å². The molecule has 4 atom stereocenters. The molecule has 0 bridgehead atoms. The van der Waals surface area contributed by atoms with E-state index < -0.39 is 37.9 Å². The first-order valence-corrected chi connectivity index (χ1v) is 9.81. The maximum Gasteiger partial charge on any atom is 0.411 e. The molecule has 2 heterocycles. The number of alkyl halides is 4.